The van der Waals surface area contributed by atoms with Crippen molar-refractivity contribution in [1.82, 2.24) is 25.2 Å². The first-order valence-corrected chi connectivity index (χ1v) is 10.3. The summed E-state index contributed by atoms with van der Waals surface area (Å²) in [6.45, 7) is 3.71. The van der Waals surface area contributed by atoms with Crippen molar-refractivity contribution in [2.75, 3.05) is 12.3 Å². The molecule has 0 fully saturated rings. The minimum atomic E-state index is -0.159. The number of amides is 2. The molecule has 0 spiro atoms. The van der Waals surface area contributed by atoms with E-state index in [1.807, 2.05) is 47.9 Å². The molecule has 0 radical (unpaired) electrons. The predicted octanol–water partition coefficient (Wildman–Crippen LogP) is 2.40. The summed E-state index contributed by atoms with van der Waals surface area (Å²) in [6.07, 6.45) is 2.44. The molecule has 2 aromatic carbocycles. The van der Waals surface area contributed by atoms with E-state index < -0.39 is 0 Å². The van der Waals surface area contributed by atoms with Gasteiger partial charge in [0, 0.05) is 47.7 Å². The lowest BCUT2D eigenvalue weighted by atomic mass is 10.0. The van der Waals surface area contributed by atoms with Gasteiger partial charge in [-0.3, -0.25) is 9.59 Å². The quantitative estimate of drug-likeness (QED) is 0.474. The van der Waals surface area contributed by atoms with Crippen LogP contribution in [0.15, 0.2) is 42.6 Å². The zero-order chi connectivity index (χ0) is 21.5. The Morgan fingerprint density at radius 1 is 1.26 bits per heavy atom. The van der Waals surface area contributed by atoms with E-state index in [-0.39, 0.29) is 17.8 Å². The van der Waals surface area contributed by atoms with Gasteiger partial charge in [-0.05, 0) is 54.8 Å². The van der Waals surface area contributed by atoms with E-state index in [1.54, 1.807) is 6.20 Å². The molecule has 1 aliphatic rings. The number of hydrogen-bond donors (Lipinski definition) is 3. The van der Waals surface area contributed by atoms with E-state index in [0.29, 0.717) is 30.9 Å². The van der Waals surface area contributed by atoms with Crippen LogP contribution >= 0.6 is 0 Å². The molecule has 0 saturated carbocycles. The van der Waals surface area contributed by atoms with Crippen LogP contribution in [-0.2, 0) is 19.5 Å². The topological polar surface area (TPSA) is 115 Å². The highest BCUT2D eigenvalue weighted by Crippen LogP contribution is 2.29. The van der Waals surface area contributed by atoms with Gasteiger partial charge in [-0.1, -0.05) is 6.07 Å². The van der Waals surface area contributed by atoms with Gasteiger partial charge in [0.2, 0.25) is 5.95 Å². The highest BCUT2D eigenvalue weighted by molar-refractivity contribution is 6.05. The van der Waals surface area contributed by atoms with Gasteiger partial charge < -0.3 is 20.9 Å². The minimum absolute atomic E-state index is 0.0488. The minimum Gasteiger partial charge on any atom is -0.368 e. The van der Waals surface area contributed by atoms with Gasteiger partial charge in [-0.15, -0.1) is 0 Å². The summed E-state index contributed by atoms with van der Waals surface area (Å²) in [5, 5.41) is 7.73. The van der Waals surface area contributed by atoms with Gasteiger partial charge in [0.1, 0.15) is 5.69 Å². The first-order chi connectivity index (χ1) is 15.0. The number of carbonyl (C=O) groups is 2. The molecule has 2 amide bonds. The van der Waals surface area contributed by atoms with Crippen LogP contribution in [-0.4, -0.2) is 32.9 Å². The van der Waals surface area contributed by atoms with Crippen molar-refractivity contribution < 1.29 is 9.59 Å². The van der Waals surface area contributed by atoms with E-state index >= 15 is 0 Å². The van der Waals surface area contributed by atoms with E-state index in [0.717, 1.165) is 39.4 Å². The molecule has 3 heterocycles. The Labute approximate surface area is 178 Å². The number of rotatable bonds is 4. The number of anilines is 1. The highest BCUT2D eigenvalue weighted by atomic mass is 16.2. The molecule has 8 nitrogen and oxygen atoms in total. The molecule has 0 aliphatic carbocycles. The van der Waals surface area contributed by atoms with Crippen LogP contribution in [0.2, 0.25) is 0 Å². The number of nitrogens with two attached hydrogens (primary N) is 1. The molecule has 31 heavy (non-hydrogen) atoms. The van der Waals surface area contributed by atoms with Gasteiger partial charge in [0.05, 0.1) is 5.52 Å². The van der Waals surface area contributed by atoms with Crippen LogP contribution in [0.25, 0.3) is 21.8 Å². The summed E-state index contributed by atoms with van der Waals surface area (Å²) in [5.41, 5.74) is 10.6. The van der Waals surface area contributed by atoms with Crippen molar-refractivity contribution in [1.29, 1.82) is 0 Å². The predicted molar refractivity (Wildman–Crippen MR) is 119 cm³/mol. The Morgan fingerprint density at radius 2 is 2.13 bits per heavy atom. The Kier molecular flexibility index (Phi) is 4.54. The molecule has 1 aliphatic heterocycles. The maximum Gasteiger partial charge on any atom is 0.268 e. The molecule has 2 aromatic heterocycles. The summed E-state index contributed by atoms with van der Waals surface area (Å²) in [7, 11) is 0. The lowest BCUT2D eigenvalue weighted by molar-refractivity contribution is 0.0933. The van der Waals surface area contributed by atoms with Crippen LogP contribution < -0.4 is 16.4 Å². The largest absolute Gasteiger partial charge is 0.368 e. The van der Waals surface area contributed by atoms with E-state index in [1.165, 1.54) is 0 Å². The average molecular weight is 414 g/mol. The molecule has 8 heteroatoms. The van der Waals surface area contributed by atoms with Gasteiger partial charge in [0.15, 0.2) is 0 Å². The summed E-state index contributed by atoms with van der Waals surface area (Å²) in [5.74, 6) is 0.0293. The molecule has 0 unspecified atom stereocenters. The van der Waals surface area contributed by atoms with Crippen molar-refractivity contribution in [2.24, 2.45) is 0 Å². The molecule has 0 saturated heterocycles. The van der Waals surface area contributed by atoms with Crippen LogP contribution in [0.1, 0.15) is 38.9 Å². The second-order valence-electron chi connectivity index (χ2n) is 7.61. The molecular weight excluding hydrogens is 392 g/mol. The average Bonchev–Trinajstić information content (AvgIpc) is 3.11. The maximum absolute atomic E-state index is 12.8. The third-order valence-corrected chi connectivity index (χ3v) is 5.74. The Bertz CT molecular complexity index is 1360. The molecule has 0 bridgehead atoms. The summed E-state index contributed by atoms with van der Waals surface area (Å²) in [6, 6.07) is 11.3. The molecule has 156 valence electrons. The first kappa shape index (κ1) is 19.0. The number of nitrogen functional groups attached to an aromatic ring is 1. The van der Waals surface area contributed by atoms with Crippen molar-refractivity contribution in [3.63, 3.8) is 0 Å². The normalized spacial score (nSPS) is 13.3. The number of benzene rings is 2. The number of nitrogens with zero attached hydrogens (tertiary/aromatic N) is 3. The second kappa shape index (κ2) is 7.39. The van der Waals surface area contributed by atoms with Gasteiger partial charge in [-0.2, -0.15) is 0 Å². The number of nitrogens with one attached hydrogen (secondary N) is 2. The van der Waals surface area contributed by atoms with Gasteiger partial charge >= 0.3 is 0 Å². The smallest absolute Gasteiger partial charge is 0.268 e. The molecule has 0 atom stereocenters. The third kappa shape index (κ3) is 3.26. The van der Waals surface area contributed by atoms with E-state index in [4.69, 9.17) is 5.73 Å². The Hall–Kier alpha value is -3.94. The SMILES string of the molecule is CCn1c2c(c3cc(C(=O)NCc4ccc5nc(N)ncc5c4)ccc31)CCNC2=O. The summed E-state index contributed by atoms with van der Waals surface area (Å²) in [4.78, 5) is 33.4. The molecular formula is C23H22N6O2. The Morgan fingerprint density at radius 3 is 2.97 bits per heavy atom. The summed E-state index contributed by atoms with van der Waals surface area (Å²) >= 11 is 0. The summed E-state index contributed by atoms with van der Waals surface area (Å²) < 4.78 is 2.02. The number of aromatic nitrogens is 3. The second-order valence-corrected chi connectivity index (χ2v) is 7.61. The molecule has 4 N–H and O–H groups in total. The zero-order valence-corrected chi connectivity index (χ0v) is 17.1. The number of aryl methyl sites for hydroxylation is 1. The monoisotopic (exact) mass is 414 g/mol. The molecule has 4 aromatic rings. The lowest BCUT2D eigenvalue weighted by Crippen LogP contribution is -2.33. The van der Waals surface area contributed by atoms with Crippen LogP contribution in [0.5, 0.6) is 0 Å². The molecule has 5 rings (SSSR count). The fourth-order valence-electron chi connectivity index (χ4n) is 4.28. The lowest BCUT2D eigenvalue weighted by Gasteiger charge is -2.15. The maximum atomic E-state index is 12.8. The van der Waals surface area contributed by atoms with Gasteiger partial charge in [-0.25, -0.2) is 9.97 Å². The van der Waals surface area contributed by atoms with Crippen molar-refractivity contribution in [2.45, 2.75) is 26.4 Å². The fraction of sp³-hybridized carbons (Fsp3) is 0.217. The standard InChI is InChI=1S/C23H22N6O2/c1-2-29-19-6-4-14(10-17(19)16-7-8-25-22(31)20(16)29)21(30)26-11-13-3-5-18-15(9-13)12-27-23(24)28-18/h3-6,9-10,12H,2,7-8,11H2,1H3,(H,25,31)(H,26,30)(H2,24,27,28). The number of fused-ring (bicyclic) bond motifs is 4. The van der Waals surface area contributed by atoms with Crippen molar-refractivity contribution in [3.05, 3.63) is 65.0 Å². The first-order valence-electron chi connectivity index (χ1n) is 10.3. The van der Waals surface area contributed by atoms with Crippen molar-refractivity contribution >= 4 is 39.6 Å². The Balaban J connectivity index is 1.41. The van der Waals surface area contributed by atoms with Crippen LogP contribution in [0.4, 0.5) is 5.95 Å². The number of carbonyl (C=O) groups excluding carboxylic acids is 2. The van der Waals surface area contributed by atoms with E-state index in [9.17, 15) is 9.59 Å². The van der Waals surface area contributed by atoms with Gasteiger partial charge in [0.25, 0.3) is 11.8 Å². The van der Waals surface area contributed by atoms with Crippen LogP contribution in [0.3, 0.4) is 0 Å². The number of hydrogen-bond acceptors (Lipinski definition) is 5. The third-order valence-electron chi connectivity index (χ3n) is 5.74. The highest BCUT2D eigenvalue weighted by Gasteiger charge is 2.25. The zero-order valence-electron chi connectivity index (χ0n) is 17.1. The van der Waals surface area contributed by atoms with Crippen LogP contribution in [0, 0.1) is 0 Å². The van der Waals surface area contributed by atoms with Crippen molar-refractivity contribution in [3.8, 4) is 0 Å². The fourth-order valence-corrected chi connectivity index (χ4v) is 4.28. The van der Waals surface area contributed by atoms with E-state index in [2.05, 4.69) is 20.6 Å².